The number of aromatic hydroxyl groups is 1. The molecular weight excluding hydrogens is 708 g/mol. The number of fused-ring (bicyclic) bond motifs is 1. The van der Waals surface area contributed by atoms with E-state index in [0.29, 0.717) is 37.3 Å². The van der Waals surface area contributed by atoms with Crippen molar-refractivity contribution in [3.8, 4) is 5.75 Å². The molecule has 3 aromatic carbocycles. The van der Waals surface area contributed by atoms with Gasteiger partial charge in [-0.15, -0.1) is 0 Å². The highest BCUT2D eigenvalue weighted by molar-refractivity contribution is 6.03. The predicted molar refractivity (Wildman–Crippen MR) is 203 cm³/mol. The van der Waals surface area contributed by atoms with Gasteiger partial charge in [-0.05, 0) is 35.2 Å². The Labute approximate surface area is 317 Å². The number of aryl methyl sites for hydroxylation is 1. The number of ether oxygens (including phenoxy) is 1. The molecule has 4 aromatic rings. The summed E-state index contributed by atoms with van der Waals surface area (Å²) < 4.78 is 6.56. The zero-order valence-electron chi connectivity index (χ0n) is 30.6. The van der Waals surface area contributed by atoms with Crippen molar-refractivity contribution in [1.29, 1.82) is 0 Å². The Morgan fingerprint density at radius 2 is 1.47 bits per heavy atom. The maximum absolute atomic E-state index is 13.7. The number of nitrogens with zero attached hydrogens (tertiary/aromatic N) is 2. The molecule has 15 heteroatoms. The average Bonchev–Trinajstić information content (AvgIpc) is 3.18. The number of carbonyl (C=O) groups is 5. The molecule has 1 fully saturated rings. The highest BCUT2D eigenvalue weighted by atomic mass is 16.5. The van der Waals surface area contributed by atoms with Crippen LogP contribution in [0.15, 0.2) is 83.7 Å². The number of amides is 4. The van der Waals surface area contributed by atoms with Crippen LogP contribution in [0, 0.1) is 0 Å². The van der Waals surface area contributed by atoms with Crippen molar-refractivity contribution in [1.82, 2.24) is 30.7 Å². The largest absolute Gasteiger partial charge is 0.506 e. The lowest BCUT2D eigenvalue weighted by atomic mass is 10.0. The van der Waals surface area contributed by atoms with Crippen LogP contribution in [0.25, 0.3) is 10.9 Å². The summed E-state index contributed by atoms with van der Waals surface area (Å²) in [6.45, 7) is 2.57. The van der Waals surface area contributed by atoms with Crippen molar-refractivity contribution in [3.05, 3.63) is 111 Å². The van der Waals surface area contributed by atoms with E-state index < -0.39 is 59.2 Å². The van der Waals surface area contributed by atoms with Gasteiger partial charge in [-0.1, -0.05) is 66.7 Å². The second-order valence-corrected chi connectivity index (χ2v) is 13.4. The number of hydrogen-bond acceptors (Lipinski definition) is 9. The van der Waals surface area contributed by atoms with Crippen LogP contribution in [0.3, 0.4) is 0 Å². The summed E-state index contributed by atoms with van der Waals surface area (Å²) in [6, 6.07) is 21.9. The molecule has 0 bridgehead atoms. The van der Waals surface area contributed by atoms with Crippen LogP contribution in [0.4, 0.5) is 0 Å². The second-order valence-electron chi connectivity index (χ2n) is 13.4. The van der Waals surface area contributed by atoms with E-state index in [4.69, 9.17) is 9.84 Å². The lowest BCUT2D eigenvalue weighted by Crippen LogP contribution is -2.50. The highest BCUT2D eigenvalue weighted by Gasteiger charge is 2.26. The van der Waals surface area contributed by atoms with Crippen LogP contribution in [0.5, 0.6) is 5.75 Å². The van der Waals surface area contributed by atoms with Crippen molar-refractivity contribution in [2.45, 2.75) is 44.3 Å². The maximum atomic E-state index is 13.7. The first kappa shape index (κ1) is 40.1. The van der Waals surface area contributed by atoms with Crippen LogP contribution in [0.2, 0.25) is 0 Å². The molecule has 290 valence electrons. The zero-order valence-corrected chi connectivity index (χ0v) is 30.6. The van der Waals surface area contributed by atoms with E-state index in [2.05, 4.69) is 26.2 Å². The van der Waals surface area contributed by atoms with Gasteiger partial charge in [-0.3, -0.25) is 33.7 Å². The van der Waals surface area contributed by atoms with E-state index in [1.54, 1.807) is 12.1 Å². The van der Waals surface area contributed by atoms with Gasteiger partial charge in [-0.2, -0.15) is 0 Å². The number of morpholine rings is 1. The average molecular weight is 755 g/mol. The number of pyridine rings is 1. The lowest BCUT2D eigenvalue weighted by molar-refractivity contribution is -0.135. The third-order valence-electron chi connectivity index (χ3n) is 9.34. The van der Waals surface area contributed by atoms with Gasteiger partial charge in [0.05, 0.1) is 18.7 Å². The molecule has 5 rings (SSSR count). The number of carboxylic acid groups (broad SMARTS) is 1. The maximum Gasteiger partial charge on any atom is 0.322 e. The first-order chi connectivity index (χ1) is 26.5. The van der Waals surface area contributed by atoms with Crippen LogP contribution < -0.4 is 26.8 Å². The molecule has 1 aromatic heterocycles. The molecule has 1 aliphatic rings. The Hall–Kier alpha value is -6.06. The molecule has 0 unspecified atom stereocenters. The van der Waals surface area contributed by atoms with Crippen LogP contribution in [-0.4, -0.2) is 101 Å². The molecule has 0 saturated carbocycles. The molecule has 1 aliphatic heterocycles. The minimum Gasteiger partial charge on any atom is -0.506 e. The smallest absolute Gasteiger partial charge is 0.322 e. The van der Waals surface area contributed by atoms with Gasteiger partial charge < -0.3 is 40.8 Å². The second kappa shape index (κ2) is 19.3. The summed E-state index contributed by atoms with van der Waals surface area (Å²) in [7, 11) is 1.41. The predicted octanol–water partition coefficient (Wildman–Crippen LogP) is 1.24. The van der Waals surface area contributed by atoms with Crippen molar-refractivity contribution >= 4 is 40.5 Å². The Morgan fingerprint density at radius 3 is 2.13 bits per heavy atom. The fourth-order valence-electron chi connectivity index (χ4n) is 6.44. The molecule has 6 N–H and O–H groups in total. The molecule has 15 nitrogen and oxygen atoms in total. The lowest BCUT2D eigenvalue weighted by Gasteiger charge is -2.27. The number of aliphatic carboxylic acids is 1. The number of carbonyl (C=O) groups excluding carboxylic acids is 4. The molecule has 4 amide bonds. The SMILES string of the molecule is Cn1c(=O)c(C(=O)NCC(=O)O)c(O)c2cc(CNC(=O)[C@H](Cc3ccccc3)NC(=O)C[C@H](Cc3ccccc3)NC(=O)CCN3CCOCC3)ccc21. The van der Waals surface area contributed by atoms with Crippen LogP contribution >= 0.6 is 0 Å². The van der Waals surface area contributed by atoms with E-state index in [0.717, 1.165) is 28.8 Å². The number of hydrogen-bond donors (Lipinski definition) is 6. The van der Waals surface area contributed by atoms with Gasteiger partial charge >= 0.3 is 5.97 Å². The van der Waals surface area contributed by atoms with Crippen molar-refractivity contribution in [3.63, 3.8) is 0 Å². The number of benzene rings is 3. The minimum atomic E-state index is -1.32. The Balaban J connectivity index is 1.29. The van der Waals surface area contributed by atoms with Gasteiger partial charge in [0.25, 0.3) is 11.5 Å². The number of rotatable bonds is 17. The summed E-state index contributed by atoms with van der Waals surface area (Å²) >= 11 is 0. The molecule has 0 aliphatic carbocycles. The molecule has 1 saturated heterocycles. The summed E-state index contributed by atoms with van der Waals surface area (Å²) in [5.74, 6) is -4.06. The molecule has 55 heavy (non-hydrogen) atoms. The van der Waals surface area contributed by atoms with Crippen molar-refractivity contribution in [2.24, 2.45) is 7.05 Å². The summed E-state index contributed by atoms with van der Waals surface area (Å²) in [6.07, 6.45) is 0.801. The molecule has 2 atom stereocenters. The fourth-order valence-corrected chi connectivity index (χ4v) is 6.44. The van der Waals surface area contributed by atoms with Gasteiger partial charge in [0.15, 0.2) is 0 Å². The Kier molecular flexibility index (Phi) is 14.1. The monoisotopic (exact) mass is 754 g/mol. The third kappa shape index (κ3) is 11.5. The zero-order chi connectivity index (χ0) is 39.3. The van der Waals surface area contributed by atoms with Crippen molar-refractivity contribution in [2.75, 3.05) is 39.4 Å². The van der Waals surface area contributed by atoms with Gasteiger partial charge in [-0.25, -0.2) is 0 Å². The van der Waals surface area contributed by atoms with Gasteiger partial charge in [0, 0.05) is 63.9 Å². The molecule has 0 spiro atoms. The first-order valence-corrected chi connectivity index (χ1v) is 18.1. The van der Waals surface area contributed by atoms with E-state index in [1.165, 1.54) is 13.1 Å². The highest BCUT2D eigenvalue weighted by Crippen LogP contribution is 2.27. The minimum absolute atomic E-state index is 0.0331. The van der Waals surface area contributed by atoms with Gasteiger partial charge in [0.2, 0.25) is 17.7 Å². The number of carboxylic acids is 1. The van der Waals surface area contributed by atoms with Gasteiger partial charge in [0.1, 0.15) is 23.9 Å². The normalized spacial score (nSPS) is 14.1. The van der Waals surface area contributed by atoms with Crippen LogP contribution in [-0.2, 0) is 50.3 Å². The topological polar surface area (TPSA) is 208 Å². The Bertz CT molecular complexity index is 2050. The van der Waals surface area contributed by atoms with E-state index in [9.17, 15) is 33.9 Å². The molecular formula is C40H46N6O9. The van der Waals surface area contributed by atoms with Crippen LogP contribution in [0.1, 0.15) is 39.9 Å². The van der Waals surface area contributed by atoms with Crippen molar-refractivity contribution < 1.29 is 38.9 Å². The standard InChI is InChI=1S/C40H46N6O9/c1-45-32-13-12-28(21-30(32)37(51)36(40(45)54)39(53)42-25-35(49)50)24-41-38(52)31(22-27-10-6-3-7-11-27)44-34(48)23-29(20-26-8-4-2-5-9-26)43-33(47)14-15-46-16-18-55-19-17-46/h2-13,21,29,31,51H,14-20,22-25H2,1H3,(H,41,52)(H,42,53)(H,43,47)(H,44,48)(H,49,50)/t29-,31-/m0/s1. The number of aromatic nitrogens is 1. The summed E-state index contributed by atoms with van der Waals surface area (Å²) in [5.41, 5.74) is 1.15. The Morgan fingerprint density at radius 1 is 0.818 bits per heavy atom. The third-order valence-corrected chi connectivity index (χ3v) is 9.34. The number of nitrogens with one attached hydrogen (secondary N) is 4. The fraction of sp³-hybridized carbons (Fsp3) is 0.350. The van der Waals surface area contributed by atoms with E-state index in [-0.39, 0.29) is 37.1 Å². The van der Waals surface area contributed by atoms with E-state index in [1.807, 2.05) is 60.7 Å². The quantitative estimate of drug-likeness (QED) is 0.0909. The summed E-state index contributed by atoms with van der Waals surface area (Å²) in [4.78, 5) is 79.1. The first-order valence-electron chi connectivity index (χ1n) is 18.1. The molecule has 0 radical (unpaired) electrons. The van der Waals surface area contributed by atoms with E-state index >= 15 is 0 Å². The molecule has 2 heterocycles. The summed E-state index contributed by atoms with van der Waals surface area (Å²) in [5, 5.41) is 30.9.